The quantitative estimate of drug-likeness (QED) is 0.104. The van der Waals surface area contributed by atoms with Gasteiger partial charge < -0.3 is 42.2 Å². The molecule has 3 aromatic rings. The second kappa shape index (κ2) is 17.1. The zero-order chi connectivity index (χ0) is 35.5. The van der Waals surface area contributed by atoms with Gasteiger partial charge in [-0.3, -0.25) is 14.4 Å². The van der Waals surface area contributed by atoms with Crippen molar-refractivity contribution in [3.8, 4) is 11.1 Å². The summed E-state index contributed by atoms with van der Waals surface area (Å²) in [5, 5.41) is 10.7. The van der Waals surface area contributed by atoms with Crippen LogP contribution in [0.1, 0.15) is 49.3 Å². The fraction of sp³-hybridized carbons (Fsp3) is 0.361. The summed E-state index contributed by atoms with van der Waals surface area (Å²) in [6, 6.07) is 19.2. The van der Waals surface area contributed by atoms with E-state index < -0.39 is 48.0 Å². The lowest BCUT2D eigenvalue weighted by Crippen LogP contribution is -2.54. The minimum absolute atomic E-state index is 0.0810. The van der Waals surface area contributed by atoms with Crippen LogP contribution in [0.25, 0.3) is 11.1 Å². The minimum atomic E-state index is -1.01. The van der Waals surface area contributed by atoms with E-state index in [9.17, 15) is 24.0 Å². The van der Waals surface area contributed by atoms with Crippen LogP contribution < -0.4 is 32.7 Å². The second-order valence-electron chi connectivity index (χ2n) is 12.2. The molecular formula is C36H44N6O7. The molecule has 0 aromatic heterocycles. The topological polar surface area (TPSA) is 204 Å². The van der Waals surface area contributed by atoms with E-state index in [2.05, 4.69) is 26.0 Å². The summed E-state index contributed by atoms with van der Waals surface area (Å²) in [5.74, 6) is -2.10. The van der Waals surface area contributed by atoms with Gasteiger partial charge in [-0.15, -0.1) is 0 Å². The van der Waals surface area contributed by atoms with Gasteiger partial charge in [-0.2, -0.15) is 0 Å². The van der Waals surface area contributed by atoms with Gasteiger partial charge in [-0.25, -0.2) is 9.59 Å². The highest BCUT2D eigenvalue weighted by Crippen LogP contribution is 2.44. The molecule has 3 atom stereocenters. The first-order chi connectivity index (χ1) is 23.5. The van der Waals surface area contributed by atoms with Crippen LogP contribution in [0, 0.1) is 5.92 Å². The molecule has 0 heterocycles. The van der Waals surface area contributed by atoms with Crippen molar-refractivity contribution in [2.75, 3.05) is 25.6 Å². The van der Waals surface area contributed by atoms with Crippen molar-refractivity contribution >= 4 is 35.6 Å². The molecule has 1 aliphatic rings. The average Bonchev–Trinajstić information content (AvgIpc) is 3.41. The van der Waals surface area contributed by atoms with Crippen molar-refractivity contribution in [2.45, 2.75) is 57.2 Å². The third kappa shape index (κ3) is 9.80. The molecule has 4 rings (SSSR count). The number of hydrogen-bond donors (Lipinski definition) is 6. The van der Waals surface area contributed by atoms with E-state index in [4.69, 9.17) is 16.2 Å². The molecule has 13 heteroatoms. The van der Waals surface area contributed by atoms with Gasteiger partial charge in [-0.05, 0) is 65.1 Å². The number of anilines is 1. The summed E-state index contributed by atoms with van der Waals surface area (Å²) in [6.45, 7) is 3.81. The molecule has 0 spiro atoms. The molecule has 0 aliphatic heterocycles. The van der Waals surface area contributed by atoms with E-state index in [1.807, 2.05) is 48.5 Å². The number of nitrogens with one attached hydrogen (secondary N) is 4. The Morgan fingerprint density at radius 1 is 0.837 bits per heavy atom. The largest absolute Gasteiger partial charge is 0.468 e. The molecule has 1 unspecified atom stereocenters. The predicted octanol–water partition coefficient (Wildman–Crippen LogP) is 3.16. The van der Waals surface area contributed by atoms with Crippen molar-refractivity contribution < 1.29 is 33.4 Å². The smallest absolute Gasteiger partial charge is 0.407 e. The first-order valence-corrected chi connectivity index (χ1v) is 16.2. The molecule has 260 valence electrons. The van der Waals surface area contributed by atoms with Crippen LogP contribution in [0.3, 0.4) is 0 Å². The van der Waals surface area contributed by atoms with E-state index in [0.717, 1.165) is 27.8 Å². The minimum Gasteiger partial charge on any atom is -0.468 e. The monoisotopic (exact) mass is 672 g/mol. The number of nitrogens with two attached hydrogens (primary N) is 2. The van der Waals surface area contributed by atoms with E-state index in [0.29, 0.717) is 12.1 Å². The summed E-state index contributed by atoms with van der Waals surface area (Å²) >= 11 is 0. The van der Waals surface area contributed by atoms with Crippen LogP contribution in [0.4, 0.5) is 15.3 Å². The summed E-state index contributed by atoms with van der Waals surface area (Å²) in [4.78, 5) is 62.8. The third-order valence-corrected chi connectivity index (χ3v) is 8.35. The van der Waals surface area contributed by atoms with Crippen LogP contribution in [-0.4, -0.2) is 68.3 Å². The van der Waals surface area contributed by atoms with Gasteiger partial charge in [-0.1, -0.05) is 74.5 Å². The summed E-state index contributed by atoms with van der Waals surface area (Å²) in [5.41, 5.74) is 16.5. The number of ether oxygens (including phenoxy) is 2. The number of esters is 1. The van der Waals surface area contributed by atoms with Gasteiger partial charge in [0.2, 0.25) is 11.8 Å². The lowest BCUT2D eigenvalue weighted by atomic mass is 9.98. The third-order valence-electron chi connectivity index (χ3n) is 8.35. The van der Waals surface area contributed by atoms with Crippen LogP contribution in [0.2, 0.25) is 0 Å². The van der Waals surface area contributed by atoms with E-state index in [-0.39, 0.29) is 37.8 Å². The molecule has 0 bridgehead atoms. The number of carbonyl (C=O) groups is 5. The number of urea groups is 1. The zero-order valence-electron chi connectivity index (χ0n) is 27.9. The first-order valence-electron chi connectivity index (χ1n) is 16.2. The van der Waals surface area contributed by atoms with Crippen molar-refractivity contribution in [2.24, 2.45) is 17.4 Å². The van der Waals surface area contributed by atoms with Crippen LogP contribution >= 0.6 is 0 Å². The Kier molecular flexibility index (Phi) is 12.7. The van der Waals surface area contributed by atoms with Crippen LogP contribution in [0.5, 0.6) is 0 Å². The molecule has 0 radical (unpaired) electrons. The molecule has 3 aromatic carbocycles. The van der Waals surface area contributed by atoms with Gasteiger partial charge >= 0.3 is 18.1 Å². The number of alkyl carbamates (subject to hydrolysis) is 1. The number of amides is 5. The Bertz CT molecular complexity index is 1600. The summed E-state index contributed by atoms with van der Waals surface area (Å²) in [7, 11) is 1.26. The Labute approximate surface area is 285 Å². The molecule has 0 fully saturated rings. The van der Waals surface area contributed by atoms with E-state index in [1.54, 1.807) is 38.1 Å². The maximum atomic E-state index is 13.5. The van der Waals surface area contributed by atoms with Gasteiger partial charge in [0, 0.05) is 18.2 Å². The lowest BCUT2D eigenvalue weighted by molar-refractivity contribution is -0.142. The highest BCUT2D eigenvalue weighted by Gasteiger charge is 2.32. The van der Waals surface area contributed by atoms with Crippen molar-refractivity contribution in [3.05, 3.63) is 89.5 Å². The fourth-order valence-electron chi connectivity index (χ4n) is 5.79. The first kappa shape index (κ1) is 36.4. The number of rotatable bonds is 15. The molecular weight excluding hydrogens is 628 g/mol. The van der Waals surface area contributed by atoms with Crippen LogP contribution in [-0.2, 0) is 30.3 Å². The Morgan fingerprint density at radius 3 is 2.02 bits per heavy atom. The second-order valence-corrected chi connectivity index (χ2v) is 12.2. The van der Waals surface area contributed by atoms with Crippen molar-refractivity contribution in [3.63, 3.8) is 0 Å². The van der Waals surface area contributed by atoms with Gasteiger partial charge in [0.15, 0.2) is 0 Å². The van der Waals surface area contributed by atoms with E-state index in [1.165, 1.54) is 7.11 Å². The molecule has 49 heavy (non-hydrogen) atoms. The number of benzene rings is 3. The maximum absolute atomic E-state index is 13.5. The zero-order valence-corrected chi connectivity index (χ0v) is 27.9. The average molecular weight is 673 g/mol. The fourth-order valence-corrected chi connectivity index (χ4v) is 5.79. The summed E-state index contributed by atoms with van der Waals surface area (Å²) in [6.07, 6.45) is -0.00798. The predicted molar refractivity (Wildman–Crippen MR) is 184 cm³/mol. The Morgan fingerprint density at radius 2 is 1.45 bits per heavy atom. The Hall–Kier alpha value is -5.43. The number of primary amides is 1. The van der Waals surface area contributed by atoms with Gasteiger partial charge in [0.1, 0.15) is 24.7 Å². The number of fused-ring (bicyclic) bond motifs is 3. The van der Waals surface area contributed by atoms with Gasteiger partial charge in [0.25, 0.3) is 0 Å². The molecule has 5 amide bonds. The molecule has 0 saturated heterocycles. The molecule has 13 nitrogen and oxygen atoms in total. The van der Waals surface area contributed by atoms with Gasteiger partial charge in [0.05, 0.1) is 7.11 Å². The van der Waals surface area contributed by atoms with Crippen LogP contribution in [0.15, 0.2) is 72.8 Å². The maximum Gasteiger partial charge on any atom is 0.407 e. The van der Waals surface area contributed by atoms with Crippen molar-refractivity contribution in [1.82, 2.24) is 16.0 Å². The summed E-state index contributed by atoms with van der Waals surface area (Å²) < 4.78 is 10.3. The molecule has 8 N–H and O–H groups in total. The number of carbonyl (C=O) groups excluding carboxylic acids is 5. The highest BCUT2D eigenvalue weighted by atomic mass is 16.5. The number of methoxy groups -OCH3 is 1. The number of hydrogen-bond acceptors (Lipinski definition) is 8. The standard InChI is InChI=1S/C36H44N6O7/c1-21(2)31(42-36(47)49-20-28-26-11-6-4-9-24(26)25-10-5-7-12-27(25)28)33(44)41-30(13-8-18-39-35(38)46)32(43)40-23-16-14-22(15-17-23)19-29(37)34(45)48-3/h4-7,9-12,14-17,21,28-31H,8,13,18-20,37H2,1-3H3,(H,40,43)(H,41,44)(H,42,47)(H3,38,39,46)/t29?,30-,31-/m0/s1. The van der Waals surface area contributed by atoms with E-state index >= 15 is 0 Å². The lowest BCUT2D eigenvalue weighted by Gasteiger charge is -2.25. The molecule has 0 saturated carbocycles. The highest BCUT2D eigenvalue weighted by molar-refractivity contribution is 5.98. The normalized spacial score (nSPS) is 13.7. The molecule has 1 aliphatic carbocycles. The SMILES string of the molecule is COC(=O)C(N)Cc1ccc(NC(=O)[C@H](CCCNC(N)=O)NC(=O)[C@@H](NC(=O)OCC2c3ccccc3-c3ccccc32)C(C)C)cc1. The Balaban J connectivity index is 1.39. The van der Waals surface area contributed by atoms with Crippen molar-refractivity contribution in [1.29, 1.82) is 0 Å².